The number of thioether (sulfide) groups is 1. The van der Waals surface area contributed by atoms with E-state index in [4.69, 9.17) is 4.74 Å². The Morgan fingerprint density at radius 1 is 1.38 bits per heavy atom. The van der Waals surface area contributed by atoms with Crippen molar-refractivity contribution in [2.24, 2.45) is 12.5 Å². The first kappa shape index (κ1) is 17.2. The number of carbonyl (C=O) groups is 2. The molecule has 0 amide bonds. The summed E-state index contributed by atoms with van der Waals surface area (Å²) in [6.45, 7) is 4.81. The van der Waals surface area contributed by atoms with Gasteiger partial charge in [0.05, 0.1) is 12.4 Å². The summed E-state index contributed by atoms with van der Waals surface area (Å²) in [6, 6.07) is 0. The summed E-state index contributed by atoms with van der Waals surface area (Å²) >= 11 is 0.965. The normalized spacial score (nSPS) is 11.2. The number of aromatic nitrogens is 3. The number of aryl methyl sites for hydroxylation is 1. The first-order chi connectivity index (χ1) is 9.70. The van der Waals surface area contributed by atoms with E-state index in [1.54, 1.807) is 6.92 Å². The number of Topliss-reactive ketones (excluding diaryl/α,β-unsaturated/α-hetero) is 1. The maximum atomic E-state index is 12.1. The monoisotopic (exact) mass is 315 g/mol. The molecule has 8 nitrogen and oxygen atoms in total. The molecule has 21 heavy (non-hydrogen) atoms. The van der Waals surface area contributed by atoms with Gasteiger partial charge in [-0.2, -0.15) is 4.98 Å². The van der Waals surface area contributed by atoms with Crippen LogP contribution in [0, 0.1) is 5.41 Å². The van der Waals surface area contributed by atoms with Crippen molar-refractivity contribution < 1.29 is 14.3 Å². The number of nitrogens with one attached hydrogen (secondary N) is 1. The summed E-state index contributed by atoms with van der Waals surface area (Å²) in [5.41, 5.74) is -3.03. The Balaban J connectivity index is 2.82. The van der Waals surface area contributed by atoms with E-state index < -0.39 is 22.5 Å². The highest BCUT2D eigenvalue weighted by Crippen LogP contribution is 2.23. The minimum absolute atomic E-state index is 0.0713. The van der Waals surface area contributed by atoms with Crippen LogP contribution in [0.4, 0.5) is 0 Å². The molecule has 0 spiro atoms. The zero-order valence-electron chi connectivity index (χ0n) is 12.3. The number of carbonyl (C=O) groups excluding carboxylic acids is 2. The average molecular weight is 315 g/mol. The lowest BCUT2D eigenvalue weighted by Crippen LogP contribution is -2.37. The Hall–Kier alpha value is -1.90. The van der Waals surface area contributed by atoms with Gasteiger partial charge < -0.3 is 4.74 Å². The van der Waals surface area contributed by atoms with E-state index in [0.29, 0.717) is 0 Å². The van der Waals surface area contributed by atoms with Gasteiger partial charge in [0.15, 0.2) is 10.9 Å². The van der Waals surface area contributed by atoms with Gasteiger partial charge in [-0.25, -0.2) is 0 Å². The van der Waals surface area contributed by atoms with Crippen LogP contribution >= 0.6 is 11.8 Å². The van der Waals surface area contributed by atoms with Gasteiger partial charge in [0, 0.05) is 7.05 Å². The van der Waals surface area contributed by atoms with Crippen molar-refractivity contribution >= 4 is 23.5 Å². The van der Waals surface area contributed by atoms with E-state index in [1.165, 1.54) is 25.6 Å². The lowest BCUT2D eigenvalue weighted by molar-refractivity contribution is -0.157. The predicted octanol–water partition coefficient (Wildman–Crippen LogP) is -0.281. The molecular weight excluding hydrogens is 298 g/mol. The van der Waals surface area contributed by atoms with Crippen LogP contribution in [0.15, 0.2) is 14.7 Å². The van der Waals surface area contributed by atoms with Crippen LogP contribution in [0.1, 0.15) is 20.8 Å². The molecule has 0 saturated heterocycles. The third-order valence-corrected chi connectivity index (χ3v) is 3.79. The fourth-order valence-electron chi connectivity index (χ4n) is 1.33. The smallest absolute Gasteiger partial charge is 0.339 e. The van der Waals surface area contributed by atoms with Crippen LogP contribution < -0.4 is 11.1 Å². The largest absolute Gasteiger partial charge is 0.465 e. The highest BCUT2D eigenvalue weighted by Gasteiger charge is 2.37. The van der Waals surface area contributed by atoms with E-state index in [2.05, 4.69) is 10.1 Å². The van der Waals surface area contributed by atoms with Crippen molar-refractivity contribution in [2.45, 2.75) is 25.9 Å². The van der Waals surface area contributed by atoms with Gasteiger partial charge in [-0.15, -0.1) is 0 Å². The van der Waals surface area contributed by atoms with E-state index in [0.717, 1.165) is 11.8 Å². The molecule has 0 aliphatic carbocycles. The molecule has 0 aliphatic rings. The zero-order chi connectivity index (χ0) is 16.2. The molecule has 1 heterocycles. The molecule has 1 N–H and O–H groups in total. The van der Waals surface area contributed by atoms with Gasteiger partial charge in [-0.05, 0) is 20.8 Å². The highest BCUT2D eigenvalue weighted by molar-refractivity contribution is 7.99. The van der Waals surface area contributed by atoms with Gasteiger partial charge in [-0.3, -0.25) is 29.0 Å². The van der Waals surface area contributed by atoms with Crippen LogP contribution in [0.3, 0.4) is 0 Å². The number of nitrogens with zero attached hydrogens (tertiary/aromatic N) is 2. The average Bonchev–Trinajstić information content (AvgIpc) is 2.41. The minimum atomic E-state index is -1.27. The number of hydrogen-bond acceptors (Lipinski definition) is 7. The maximum absolute atomic E-state index is 12.1. The fraction of sp³-hybridized carbons (Fsp3) is 0.583. The molecule has 0 unspecified atom stereocenters. The van der Waals surface area contributed by atoms with Gasteiger partial charge in [-0.1, -0.05) is 11.8 Å². The fourth-order valence-corrected chi connectivity index (χ4v) is 2.33. The molecule has 9 heteroatoms. The Kier molecular flexibility index (Phi) is 5.47. The molecule has 0 saturated carbocycles. The number of H-pyrrole nitrogens is 1. The molecule has 0 atom stereocenters. The lowest BCUT2D eigenvalue weighted by Gasteiger charge is -2.20. The van der Waals surface area contributed by atoms with Crippen LogP contribution in [-0.4, -0.2) is 38.9 Å². The topological polar surface area (TPSA) is 111 Å². The van der Waals surface area contributed by atoms with Crippen LogP contribution in [0.25, 0.3) is 0 Å². The SMILES string of the molecule is CCOC(=O)C(C)(C)C(=O)CSc1nc(=O)c(=O)[nH]n1C. The molecule has 116 valence electrons. The lowest BCUT2D eigenvalue weighted by atomic mass is 9.89. The van der Waals surface area contributed by atoms with Gasteiger partial charge >= 0.3 is 17.1 Å². The molecule has 1 rings (SSSR count). The van der Waals surface area contributed by atoms with E-state index in [-0.39, 0.29) is 23.3 Å². The maximum Gasteiger partial charge on any atom is 0.339 e. The Morgan fingerprint density at radius 2 is 2.00 bits per heavy atom. The summed E-state index contributed by atoms with van der Waals surface area (Å²) in [7, 11) is 1.50. The third kappa shape index (κ3) is 4.03. The predicted molar refractivity (Wildman–Crippen MR) is 76.2 cm³/mol. The second-order valence-corrected chi connectivity index (χ2v) is 5.70. The highest BCUT2D eigenvalue weighted by atomic mass is 32.2. The summed E-state index contributed by atoms with van der Waals surface area (Å²) in [5.74, 6) is -1.02. The standard InChI is InChI=1S/C12H17N3O5S/c1-5-20-10(19)12(2,3)7(16)6-21-11-13-8(17)9(18)14-15(11)4/h5-6H2,1-4H3,(H,14,18). The van der Waals surface area contributed by atoms with Crippen molar-refractivity contribution in [3.8, 4) is 0 Å². The quantitative estimate of drug-likeness (QED) is 0.332. The third-order valence-electron chi connectivity index (χ3n) is 2.76. The number of ketones is 1. The van der Waals surface area contributed by atoms with Crippen molar-refractivity contribution in [3.05, 3.63) is 20.7 Å². The van der Waals surface area contributed by atoms with E-state index in [1.807, 2.05) is 0 Å². The molecule has 1 aromatic rings. The second-order valence-electron chi connectivity index (χ2n) is 4.76. The van der Waals surface area contributed by atoms with Crippen molar-refractivity contribution in [3.63, 3.8) is 0 Å². The molecule has 1 aromatic heterocycles. The number of esters is 1. The molecule has 0 aromatic carbocycles. The second kappa shape index (κ2) is 6.70. The Morgan fingerprint density at radius 3 is 2.57 bits per heavy atom. The number of hydrogen-bond donors (Lipinski definition) is 1. The van der Waals surface area contributed by atoms with Crippen molar-refractivity contribution in [1.29, 1.82) is 0 Å². The number of aromatic amines is 1. The number of rotatable bonds is 6. The Labute approximate surface area is 124 Å². The van der Waals surface area contributed by atoms with Crippen molar-refractivity contribution in [2.75, 3.05) is 12.4 Å². The Bertz CT molecular complexity index is 662. The van der Waals surface area contributed by atoms with Gasteiger partial charge in [0.2, 0.25) is 0 Å². The van der Waals surface area contributed by atoms with Gasteiger partial charge in [0.25, 0.3) is 0 Å². The molecule has 0 bridgehead atoms. The summed E-state index contributed by atoms with van der Waals surface area (Å²) < 4.78 is 6.10. The summed E-state index contributed by atoms with van der Waals surface area (Å²) in [4.78, 5) is 49.6. The summed E-state index contributed by atoms with van der Waals surface area (Å²) in [5, 5.41) is 2.46. The van der Waals surface area contributed by atoms with Crippen LogP contribution in [-0.2, 0) is 21.4 Å². The van der Waals surface area contributed by atoms with Crippen LogP contribution in [0.2, 0.25) is 0 Å². The first-order valence-electron chi connectivity index (χ1n) is 6.20. The summed E-state index contributed by atoms with van der Waals surface area (Å²) in [6.07, 6.45) is 0. The molecule has 0 radical (unpaired) electrons. The van der Waals surface area contributed by atoms with E-state index >= 15 is 0 Å². The van der Waals surface area contributed by atoms with E-state index in [9.17, 15) is 19.2 Å². The van der Waals surface area contributed by atoms with Gasteiger partial charge in [0.1, 0.15) is 5.41 Å². The van der Waals surface area contributed by atoms with Crippen LogP contribution in [0.5, 0.6) is 0 Å². The minimum Gasteiger partial charge on any atom is -0.465 e. The van der Waals surface area contributed by atoms with Crippen molar-refractivity contribution in [1.82, 2.24) is 14.8 Å². The molecular formula is C12H17N3O5S. The zero-order valence-corrected chi connectivity index (χ0v) is 13.1. The first-order valence-corrected chi connectivity index (χ1v) is 7.19. The molecule has 0 fully saturated rings. The molecule has 0 aliphatic heterocycles. The number of ether oxygens (including phenoxy) is 1.